The van der Waals surface area contributed by atoms with Crippen molar-refractivity contribution in [1.29, 1.82) is 0 Å². The van der Waals surface area contributed by atoms with Crippen LogP contribution in [-0.2, 0) is 27.9 Å². The summed E-state index contributed by atoms with van der Waals surface area (Å²) >= 11 is 0. The first-order chi connectivity index (χ1) is 43.9. The monoisotopic (exact) mass is 1270 g/mol. The van der Waals surface area contributed by atoms with E-state index in [9.17, 15) is 19.0 Å². The molecule has 9 nitrogen and oxygen atoms in total. The Balaban J connectivity index is 5.09. The van der Waals surface area contributed by atoms with Crippen LogP contribution in [0.5, 0.6) is 0 Å². The number of amides is 1. The summed E-state index contributed by atoms with van der Waals surface area (Å²) in [5.74, 6) is -0.530. The van der Waals surface area contributed by atoms with Crippen LogP contribution in [0, 0.1) is 0 Å². The molecule has 0 bridgehead atoms. The molecule has 0 aliphatic carbocycles. The smallest absolute Gasteiger partial charge is 0.456 e. The van der Waals surface area contributed by atoms with Crippen LogP contribution < -0.4 is 5.32 Å². The number of likely N-dealkylation sites (N-methyl/N-ethyl adjacent to an activating group) is 1. The molecule has 3 atom stereocenters. The summed E-state index contributed by atoms with van der Waals surface area (Å²) in [7, 11) is 1.47. The van der Waals surface area contributed by atoms with Crippen LogP contribution in [0.3, 0.4) is 0 Å². The van der Waals surface area contributed by atoms with Gasteiger partial charge in [0.05, 0.1) is 33.8 Å². The van der Waals surface area contributed by atoms with Crippen molar-refractivity contribution in [3.63, 3.8) is 0 Å². The quantitative estimate of drug-likeness (QED) is 0.0205. The lowest BCUT2D eigenvalue weighted by Gasteiger charge is -2.27. The maximum Gasteiger partial charge on any atom is 0.472 e. The minimum absolute atomic E-state index is 0.0297. The summed E-state index contributed by atoms with van der Waals surface area (Å²) < 4.78 is 30.8. The standard InChI is InChI=1S/C80H137N2O7P/c1-7-10-13-16-19-22-25-28-30-32-34-36-38-40-41-43-44-46-48-50-52-54-57-60-63-66-69-72-79(83)81-77(76-88-90(85,86)87-75-74-82(4,5)6)78(71-68-65-62-59-56-27-24-21-18-15-12-9-3)89-80(84)73-70-67-64-61-58-55-53-51-49-47-45-42-39-37-35-33-31-29-26-23-20-17-14-11-8-2/h10-11,13-14,19-20,22-23,28-31,34-37,40-42,45,49,51,68,71,77-78H,7-9,12,15-18,21,24-27,32-33,38-39,43-44,46-48,50,52-67,69-70,72-76H2,1-6H3,(H-,81,83,85,86)/p+1/b13-10-,14-11-,22-19-,23-20-,30-28-,31-29-,36-34-,37-35-,41-40-,45-42-,51-49-,71-68+. The van der Waals surface area contributed by atoms with Crippen molar-refractivity contribution in [3.05, 3.63) is 146 Å². The zero-order chi connectivity index (χ0) is 65.6. The van der Waals surface area contributed by atoms with Gasteiger partial charge in [-0.15, -0.1) is 0 Å². The molecule has 0 aromatic rings. The van der Waals surface area contributed by atoms with Crippen LogP contribution in [0.4, 0.5) is 0 Å². The lowest BCUT2D eigenvalue weighted by atomic mass is 10.0. The number of rotatable bonds is 65. The Bertz CT molecular complexity index is 2050. The van der Waals surface area contributed by atoms with Crippen molar-refractivity contribution in [2.75, 3.05) is 40.9 Å². The number of ether oxygens (including phenoxy) is 1. The highest BCUT2D eigenvalue weighted by Crippen LogP contribution is 2.43. The second-order valence-corrected chi connectivity index (χ2v) is 26.8. The normalized spacial score (nSPS) is 14.3. The Morgan fingerprint density at radius 3 is 1.07 bits per heavy atom. The fourth-order valence-electron chi connectivity index (χ4n) is 9.97. The van der Waals surface area contributed by atoms with E-state index in [0.717, 1.165) is 161 Å². The molecule has 0 fully saturated rings. The molecule has 10 heteroatoms. The molecule has 514 valence electrons. The van der Waals surface area contributed by atoms with Gasteiger partial charge in [0.15, 0.2) is 0 Å². The van der Waals surface area contributed by atoms with Gasteiger partial charge in [0.25, 0.3) is 0 Å². The number of quaternary nitrogens is 1. The Hall–Kier alpha value is -4.11. The van der Waals surface area contributed by atoms with Crippen molar-refractivity contribution in [2.24, 2.45) is 0 Å². The lowest BCUT2D eigenvalue weighted by Crippen LogP contribution is -2.47. The number of phosphoric ester groups is 1. The molecule has 0 saturated carbocycles. The van der Waals surface area contributed by atoms with Gasteiger partial charge in [0.2, 0.25) is 5.91 Å². The van der Waals surface area contributed by atoms with E-state index in [0.29, 0.717) is 23.9 Å². The van der Waals surface area contributed by atoms with E-state index < -0.39 is 20.0 Å². The predicted octanol–water partition coefficient (Wildman–Crippen LogP) is 23.7. The van der Waals surface area contributed by atoms with Gasteiger partial charge in [0, 0.05) is 12.8 Å². The molecule has 0 aromatic carbocycles. The Labute approximate surface area is 555 Å². The molecule has 90 heavy (non-hydrogen) atoms. The maximum atomic E-state index is 13.6. The first-order valence-electron chi connectivity index (χ1n) is 36.7. The molecule has 0 spiro atoms. The second-order valence-electron chi connectivity index (χ2n) is 25.3. The number of nitrogens with zero attached hydrogens (tertiary/aromatic N) is 1. The number of phosphoric acid groups is 1. The van der Waals surface area contributed by atoms with E-state index in [1.54, 1.807) is 0 Å². The van der Waals surface area contributed by atoms with Gasteiger partial charge in [-0.1, -0.05) is 302 Å². The summed E-state index contributed by atoms with van der Waals surface area (Å²) in [6.07, 6.45) is 98.6. The van der Waals surface area contributed by atoms with Gasteiger partial charge < -0.3 is 19.4 Å². The van der Waals surface area contributed by atoms with E-state index in [1.807, 2.05) is 33.3 Å². The zero-order valence-corrected chi connectivity index (χ0v) is 59.7. The van der Waals surface area contributed by atoms with Crippen molar-refractivity contribution in [3.8, 4) is 0 Å². The topological polar surface area (TPSA) is 111 Å². The van der Waals surface area contributed by atoms with E-state index in [1.165, 1.54) is 96.3 Å². The fourth-order valence-corrected chi connectivity index (χ4v) is 10.7. The molecule has 2 N–H and O–H groups in total. The van der Waals surface area contributed by atoms with Crippen LogP contribution >= 0.6 is 7.82 Å². The Morgan fingerprint density at radius 1 is 0.400 bits per heavy atom. The number of carbonyl (C=O) groups is 2. The van der Waals surface area contributed by atoms with Crippen molar-refractivity contribution in [1.82, 2.24) is 5.32 Å². The molecule has 0 radical (unpaired) electrons. The van der Waals surface area contributed by atoms with Gasteiger partial charge in [-0.3, -0.25) is 18.6 Å². The van der Waals surface area contributed by atoms with Gasteiger partial charge in [0.1, 0.15) is 19.3 Å². The van der Waals surface area contributed by atoms with Crippen molar-refractivity contribution < 1.29 is 37.3 Å². The number of hydrogen-bond acceptors (Lipinski definition) is 6. The molecular formula is C80H138N2O7P+. The summed E-state index contributed by atoms with van der Waals surface area (Å²) in [5, 5.41) is 3.07. The summed E-state index contributed by atoms with van der Waals surface area (Å²) in [6, 6.07) is -0.868. The lowest BCUT2D eigenvalue weighted by molar-refractivity contribution is -0.870. The van der Waals surface area contributed by atoms with Crippen LogP contribution in [-0.4, -0.2) is 74.3 Å². The molecule has 0 heterocycles. The average Bonchev–Trinajstić information content (AvgIpc) is 3.11. The van der Waals surface area contributed by atoms with E-state index in [4.69, 9.17) is 13.8 Å². The SMILES string of the molecule is CC/C=C\C/C=C\C/C=C\C/C=C\C/C=C\C/C=C\CCCCCCCCC(=O)OC(/C=C/CCCCCCCCCCCC)C(COP(=O)(O)OCC[N+](C)(C)C)NC(=O)CCCCCCCCCCCCC/C=C\C/C=C\C/C=C\C/C=C\C/C=C\CC. The first kappa shape index (κ1) is 85.9. The van der Waals surface area contributed by atoms with Gasteiger partial charge in [-0.2, -0.15) is 0 Å². The van der Waals surface area contributed by atoms with Crippen LogP contribution in [0.25, 0.3) is 0 Å². The van der Waals surface area contributed by atoms with Crippen LogP contribution in [0.1, 0.15) is 297 Å². The molecule has 0 aliphatic heterocycles. The third kappa shape index (κ3) is 68.3. The third-order valence-corrected chi connectivity index (χ3v) is 16.5. The minimum atomic E-state index is -4.47. The summed E-state index contributed by atoms with van der Waals surface area (Å²) in [4.78, 5) is 38.0. The van der Waals surface area contributed by atoms with Gasteiger partial charge in [-0.25, -0.2) is 4.57 Å². The largest absolute Gasteiger partial charge is 0.472 e. The summed E-state index contributed by atoms with van der Waals surface area (Å²) in [6.45, 7) is 6.78. The first-order valence-corrected chi connectivity index (χ1v) is 38.2. The second kappa shape index (κ2) is 67.8. The third-order valence-electron chi connectivity index (χ3n) is 15.5. The number of unbranched alkanes of at least 4 members (excludes halogenated alkanes) is 27. The molecule has 0 rings (SSSR count). The summed E-state index contributed by atoms with van der Waals surface area (Å²) in [5.41, 5.74) is 0. The maximum absolute atomic E-state index is 13.6. The number of esters is 1. The number of nitrogens with one attached hydrogen (secondary N) is 1. The minimum Gasteiger partial charge on any atom is -0.456 e. The molecule has 0 aromatic heterocycles. The molecule has 3 unspecified atom stereocenters. The van der Waals surface area contributed by atoms with E-state index >= 15 is 0 Å². The van der Waals surface area contributed by atoms with Crippen molar-refractivity contribution in [2.45, 2.75) is 309 Å². The van der Waals surface area contributed by atoms with E-state index in [2.05, 4.69) is 160 Å². The molecular weight excluding hydrogens is 1130 g/mol. The van der Waals surface area contributed by atoms with Crippen LogP contribution in [0.2, 0.25) is 0 Å². The Kier molecular flexibility index (Phi) is 64.7. The zero-order valence-electron chi connectivity index (χ0n) is 58.8. The number of allylic oxidation sites excluding steroid dienone is 23. The predicted molar refractivity (Wildman–Crippen MR) is 392 cm³/mol. The van der Waals surface area contributed by atoms with Crippen LogP contribution in [0.15, 0.2) is 146 Å². The van der Waals surface area contributed by atoms with Crippen molar-refractivity contribution >= 4 is 19.7 Å². The highest BCUT2D eigenvalue weighted by atomic mass is 31.2. The molecule has 1 amide bonds. The van der Waals surface area contributed by atoms with E-state index in [-0.39, 0.29) is 31.5 Å². The van der Waals surface area contributed by atoms with Gasteiger partial charge in [-0.05, 0) is 128 Å². The fraction of sp³-hybridized carbons (Fsp3) is 0.675. The highest BCUT2D eigenvalue weighted by molar-refractivity contribution is 7.47. The highest BCUT2D eigenvalue weighted by Gasteiger charge is 2.30. The Morgan fingerprint density at radius 2 is 0.711 bits per heavy atom. The molecule has 0 aliphatic rings. The number of hydrogen-bond donors (Lipinski definition) is 2. The average molecular weight is 1270 g/mol. The number of carbonyl (C=O) groups excluding carboxylic acids is 2. The van der Waals surface area contributed by atoms with Gasteiger partial charge >= 0.3 is 13.8 Å². The molecule has 0 saturated heterocycles.